The molecule has 3 nitrogen and oxygen atoms in total. The molecule has 110 valence electrons. The number of ether oxygens (including phenoxy) is 1. The molecule has 1 amide bonds. The molecule has 0 fully saturated rings. The highest BCUT2D eigenvalue weighted by molar-refractivity contribution is 9.10. The summed E-state index contributed by atoms with van der Waals surface area (Å²) < 4.78 is 6.10. The number of nitrogens with one attached hydrogen (secondary N) is 1. The van der Waals surface area contributed by atoms with Crippen LogP contribution in [0.2, 0.25) is 5.02 Å². The highest BCUT2D eigenvalue weighted by atomic mass is 79.9. The predicted molar refractivity (Wildman–Crippen MR) is 88.9 cm³/mol. The maximum Gasteiger partial charge on any atom is 0.257 e. The van der Waals surface area contributed by atoms with Gasteiger partial charge < -0.3 is 10.1 Å². The molecule has 0 atom stereocenters. The van der Waals surface area contributed by atoms with Gasteiger partial charge in [0.15, 0.2) is 0 Å². The fourth-order valence-corrected chi connectivity index (χ4v) is 2.43. The summed E-state index contributed by atoms with van der Waals surface area (Å²) in [5.74, 6) is -0.245. The number of carbonyl (C=O) groups is 1. The summed E-state index contributed by atoms with van der Waals surface area (Å²) in [6.45, 7) is 3.02. The lowest BCUT2D eigenvalue weighted by Gasteiger charge is -2.12. The van der Waals surface area contributed by atoms with Gasteiger partial charge in [-0.25, -0.2) is 0 Å². The van der Waals surface area contributed by atoms with E-state index in [4.69, 9.17) is 16.3 Å². The summed E-state index contributed by atoms with van der Waals surface area (Å²) in [6.07, 6.45) is 0. The lowest BCUT2D eigenvalue weighted by Crippen LogP contribution is -2.14. The Morgan fingerprint density at radius 3 is 2.76 bits per heavy atom. The smallest absolute Gasteiger partial charge is 0.257 e. The molecule has 2 rings (SSSR count). The van der Waals surface area contributed by atoms with Gasteiger partial charge in [0.05, 0.1) is 17.2 Å². The highest BCUT2D eigenvalue weighted by Gasteiger charge is 2.13. The molecular weight excluding hydrogens is 354 g/mol. The molecule has 21 heavy (non-hydrogen) atoms. The zero-order valence-corrected chi connectivity index (χ0v) is 13.9. The van der Waals surface area contributed by atoms with Crippen molar-refractivity contribution in [2.45, 2.75) is 13.5 Å². The predicted octanol–water partition coefficient (Wildman–Crippen LogP) is 4.89. The minimum absolute atomic E-state index is 0.245. The Balaban J connectivity index is 2.22. The Morgan fingerprint density at radius 1 is 1.24 bits per heavy atom. The molecule has 1 N–H and O–H groups in total. The van der Waals surface area contributed by atoms with Crippen LogP contribution in [-0.2, 0) is 11.3 Å². The van der Waals surface area contributed by atoms with E-state index in [-0.39, 0.29) is 5.91 Å². The van der Waals surface area contributed by atoms with E-state index in [1.807, 2.05) is 31.2 Å². The second-order valence-electron chi connectivity index (χ2n) is 4.35. The van der Waals surface area contributed by atoms with Gasteiger partial charge in [-0.1, -0.05) is 35.9 Å². The number of rotatable bonds is 5. The molecule has 0 aliphatic heterocycles. The number of amides is 1. The van der Waals surface area contributed by atoms with Crippen LogP contribution >= 0.6 is 27.5 Å². The average Bonchev–Trinajstić information content (AvgIpc) is 2.49. The molecule has 0 heterocycles. The molecule has 2 aromatic carbocycles. The fourth-order valence-electron chi connectivity index (χ4n) is 1.85. The van der Waals surface area contributed by atoms with Crippen molar-refractivity contribution in [1.29, 1.82) is 0 Å². The van der Waals surface area contributed by atoms with Crippen molar-refractivity contribution in [3.63, 3.8) is 0 Å². The normalized spacial score (nSPS) is 10.4. The van der Waals surface area contributed by atoms with E-state index in [1.165, 1.54) is 0 Å². The minimum Gasteiger partial charge on any atom is -0.377 e. The molecular formula is C16H15BrClNO2. The van der Waals surface area contributed by atoms with Crippen molar-refractivity contribution in [3.8, 4) is 0 Å². The molecule has 0 spiro atoms. The van der Waals surface area contributed by atoms with Crippen LogP contribution in [0.4, 0.5) is 5.69 Å². The lowest BCUT2D eigenvalue weighted by atomic mass is 10.1. The van der Waals surface area contributed by atoms with Crippen LogP contribution in [0.5, 0.6) is 0 Å². The zero-order chi connectivity index (χ0) is 15.2. The number of benzene rings is 2. The Bertz CT molecular complexity index is 646. The van der Waals surface area contributed by atoms with Gasteiger partial charge in [0.25, 0.3) is 5.91 Å². The summed E-state index contributed by atoms with van der Waals surface area (Å²) in [5, 5.41) is 3.28. The van der Waals surface area contributed by atoms with Crippen molar-refractivity contribution < 1.29 is 9.53 Å². The van der Waals surface area contributed by atoms with E-state index < -0.39 is 0 Å². The summed E-state index contributed by atoms with van der Waals surface area (Å²) in [5.41, 5.74) is 2.09. The molecule has 2 aromatic rings. The minimum atomic E-state index is -0.245. The molecule has 0 bridgehead atoms. The number of anilines is 1. The molecule has 0 saturated heterocycles. The maximum absolute atomic E-state index is 12.4. The summed E-state index contributed by atoms with van der Waals surface area (Å²) in [4.78, 5) is 12.4. The first-order chi connectivity index (χ1) is 10.1. The van der Waals surface area contributed by atoms with Gasteiger partial charge in [-0.2, -0.15) is 0 Å². The van der Waals surface area contributed by atoms with E-state index >= 15 is 0 Å². The molecule has 0 aliphatic rings. The molecule has 0 saturated carbocycles. The van der Waals surface area contributed by atoms with Crippen LogP contribution < -0.4 is 5.32 Å². The summed E-state index contributed by atoms with van der Waals surface area (Å²) >= 11 is 9.46. The van der Waals surface area contributed by atoms with Crippen LogP contribution in [0.25, 0.3) is 0 Å². The van der Waals surface area contributed by atoms with Crippen LogP contribution in [0.15, 0.2) is 46.9 Å². The number of hydrogen-bond donors (Lipinski definition) is 1. The number of halogens is 2. The van der Waals surface area contributed by atoms with Crippen molar-refractivity contribution in [2.75, 3.05) is 11.9 Å². The van der Waals surface area contributed by atoms with Gasteiger partial charge in [0.1, 0.15) is 0 Å². The largest absolute Gasteiger partial charge is 0.377 e. The SMILES string of the molecule is CCOCc1ccccc1NC(=O)c1cccc(Br)c1Cl. The molecule has 0 aliphatic carbocycles. The zero-order valence-electron chi connectivity index (χ0n) is 11.5. The highest BCUT2D eigenvalue weighted by Crippen LogP contribution is 2.27. The standard InChI is InChI=1S/C16H15BrClNO2/c1-2-21-10-11-6-3-4-9-14(11)19-16(20)12-7-5-8-13(17)15(12)18/h3-9H,2,10H2,1H3,(H,19,20). The fraction of sp³-hybridized carbons (Fsp3) is 0.188. The van der Waals surface area contributed by atoms with Crippen LogP contribution in [0.1, 0.15) is 22.8 Å². The summed E-state index contributed by atoms with van der Waals surface area (Å²) in [6, 6.07) is 12.8. The van der Waals surface area contributed by atoms with Crippen LogP contribution in [0, 0.1) is 0 Å². The lowest BCUT2D eigenvalue weighted by molar-refractivity contribution is 0.102. The number of para-hydroxylation sites is 1. The first kappa shape index (κ1) is 16.0. The monoisotopic (exact) mass is 367 g/mol. The molecule has 0 unspecified atom stereocenters. The van der Waals surface area contributed by atoms with E-state index in [1.54, 1.807) is 18.2 Å². The average molecular weight is 369 g/mol. The van der Waals surface area contributed by atoms with Gasteiger partial charge in [-0.15, -0.1) is 0 Å². The topological polar surface area (TPSA) is 38.3 Å². The van der Waals surface area contributed by atoms with Crippen LogP contribution in [0.3, 0.4) is 0 Å². The van der Waals surface area contributed by atoms with Crippen LogP contribution in [-0.4, -0.2) is 12.5 Å². The maximum atomic E-state index is 12.4. The van der Waals surface area contributed by atoms with Gasteiger partial charge in [0.2, 0.25) is 0 Å². The third-order valence-corrected chi connectivity index (χ3v) is 4.22. The number of carbonyl (C=O) groups excluding carboxylic acids is 1. The Hall–Kier alpha value is -1.36. The Morgan fingerprint density at radius 2 is 2.00 bits per heavy atom. The second-order valence-corrected chi connectivity index (χ2v) is 5.58. The number of hydrogen-bond acceptors (Lipinski definition) is 2. The van der Waals surface area contributed by atoms with E-state index in [2.05, 4.69) is 21.2 Å². The van der Waals surface area contributed by atoms with Crippen molar-refractivity contribution in [3.05, 3.63) is 63.1 Å². The van der Waals surface area contributed by atoms with E-state index in [0.717, 1.165) is 11.3 Å². The van der Waals surface area contributed by atoms with Gasteiger partial charge >= 0.3 is 0 Å². The third kappa shape index (κ3) is 4.06. The van der Waals surface area contributed by atoms with Gasteiger partial charge in [-0.05, 0) is 41.1 Å². The second kappa shape index (κ2) is 7.59. The van der Waals surface area contributed by atoms with E-state index in [0.29, 0.717) is 28.3 Å². The third-order valence-electron chi connectivity index (χ3n) is 2.92. The quantitative estimate of drug-likeness (QED) is 0.816. The van der Waals surface area contributed by atoms with E-state index in [9.17, 15) is 4.79 Å². The first-order valence-electron chi connectivity index (χ1n) is 6.54. The Labute approximate surface area is 137 Å². The molecule has 0 aromatic heterocycles. The van der Waals surface area contributed by atoms with Gasteiger partial charge in [-0.3, -0.25) is 4.79 Å². The Kier molecular flexibility index (Phi) is 5.79. The van der Waals surface area contributed by atoms with Crippen molar-refractivity contribution >= 4 is 39.1 Å². The van der Waals surface area contributed by atoms with Crippen molar-refractivity contribution in [1.82, 2.24) is 0 Å². The first-order valence-corrected chi connectivity index (χ1v) is 7.71. The van der Waals surface area contributed by atoms with Gasteiger partial charge in [0, 0.05) is 22.3 Å². The molecule has 0 radical (unpaired) electrons. The molecule has 5 heteroatoms. The summed E-state index contributed by atoms with van der Waals surface area (Å²) in [7, 11) is 0. The van der Waals surface area contributed by atoms with Crippen molar-refractivity contribution in [2.24, 2.45) is 0 Å².